The highest BCUT2D eigenvalue weighted by Crippen LogP contribution is 2.24. The summed E-state index contributed by atoms with van der Waals surface area (Å²) in [5.74, 6) is 0.815. The Labute approximate surface area is 74.7 Å². The summed E-state index contributed by atoms with van der Waals surface area (Å²) in [6.45, 7) is 3.68. The van der Waals surface area contributed by atoms with Crippen molar-refractivity contribution in [3.05, 3.63) is 0 Å². The fourth-order valence-electron chi connectivity index (χ4n) is 1.78. The minimum atomic E-state index is 0.384. The van der Waals surface area contributed by atoms with Crippen LogP contribution in [0.15, 0.2) is 0 Å². The first-order valence-corrected chi connectivity index (χ1v) is 5.08. The second-order valence-electron chi connectivity index (χ2n) is 3.62. The topological polar surface area (TPSA) is 29.1 Å². The van der Waals surface area contributed by atoms with Crippen LogP contribution in [0.2, 0.25) is 0 Å². The van der Waals surface area contributed by atoms with Gasteiger partial charge in [-0.05, 0) is 25.8 Å². The lowest BCUT2D eigenvalue weighted by atomic mass is 10.0. The van der Waals surface area contributed by atoms with Crippen LogP contribution in [-0.4, -0.2) is 18.9 Å². The van der Waals surface area contributed by atoms with Crippen molar-refractivity contribution in [1.82, 2.24) is 5.32 Å². The summed E-state index contributed by atoms with van der Waals surface area (Å²) in [5, 5.41) is 3.16. The molecule has 0 aromatic carbocycles. The van der Waals surface area contributed by atoms with Gasteiger partial charge in [-0.3, -0.25) is 4.79 Å². The molecule has 0 spiro atoms. The Morgan fingerprint density at radius 3 is 2.67 bits per heavy atom. The minimum absolute atomic E-state index is 0.384. The van der Waals surface area contributed by atoms with Gasteiger partial charge in [0.2, 0.25) is 0 Å². The second-order valence-corrected chi connectivity index (χ2v) is 3.62. The van der Waals surface area contributed by atoms with E-state index < -0.39 is 0 Å². The van der Waals surface area contributed by atoms with Crippen LogP contribution in [0.25, 0.3) is 0 Å². The molecule has 0 unspecified atom stereocenters. The van der Waals surface area contributed by atoms with Gasteiger partial charge in [0.15, 0.2) is 0 Å². The zero-order valence-electron chi connectivity index (χ0n) is 7.94. The SMILES string of the molecule is CCCNCC(=O)C1CCCC1. The molecule has 70 valence electrons. The maximum atomic E-state index is 11.5. The third-order valence-corrected chi connectivity index (χ3v) is 2.54. The zero-order chi connectivity index (χ0) is 8.81. The van der Waals surface area contributed by atoms with Gasteiger partial charge in [0, 0.05) is 5.92 Å². The molecule has 1 N–H and O–H groups in total. The molecule has 1 aliphatic carbocycles. The molecular formula is C10H19NO. The largest absolute Gasteiger partial charge is 0.310 e. The van der Waals surface area contributed by atoms with Gasteiger partial charge >= 0.3 is 0 Å². The lowest BCUT2D eigenvalue weighted by molar-refractivity contribution is -0.121. The lowest BCUT2D eigenvalue weighted by Crippen LogP contribution is -2.27. The number of ketones is 1. The van der Waals surface area contributed by atoms with Crippen molar-refractivity contribution < 1.29 is 4.79 Å². The Hall–Kier alpha value is -0.370. The highest BCUT2D eigenvalue weighted by atomic mass is 16.1. The Morgan fingerprint density at radius 2 is 2.08 bits per heavy atom. The average Bonchev–Trinajstić information content (AvgIpc) is 2.56. The van der Waals surface area contributed by atoms with E-state index in [2.05, 4.69) is 12.2 Å². The molecule has 0 amide bonds. The maximum Gasteiger partial charge on any atom is 0.149 e. The zero-order valence-corrected chi connectivity index (χ0v) is 7.94. The van der Waals surface area contributed by atoms with E-state index in [1.807, 2.05) is 0 Å². The second kappa shape index (κ2) is 5.31. The van der Waals surface area contributed by atoms with E-state index in [1.54, 1.807) is 0 Å². The van der Waals surface area contributed by atoms with Gasteiger partial charge in [-0.2, -0.15) is 0 Å². The van der Waals surface area contributed by atoms with Gasteiger partial charge in [0.05, 0.1) is 6.54 Å². The van der Waals surface area contributed by atoms with Crippen molar-refractivity contribution in [2.24, 2.45) is 5.92 Å². The normalized spacial score (nSPS) is 18.4. The summed E-state index contributed by atoms with van der Waals surface area (Å²) < 4.78 is 0. The van der Waals surface area contributed by atoms with Crippen molar-refractivity contribution in [1.29, 1.82) is 0 Å². The predicted octanol–water partition coefficient (Wildman–Crippen LogP) is 1.75. The van der Waals surface area contributed by atoms with E-state index in [9.17, 15) is 4.79 Å². The molecule has 0 radical (unpaired) electrons. The van der Waals surface area contributed by atoms with Gasteiger partial charge < -0.3 is 5.32 Å². The maximum absolute atomic E-state index is 11.5. The van der Waals surface area contributed by atoms with E-state index >= 15 is 0 Å². The molecule has 12 heavy (non-hydrogen) atoms. The van der Waals surface area contributed by atoms with Crippen LogP contribution in [0.4, 0.5) is 0 Å². The fraction of sp³-hybridized carbons (Fsp3) is 0.900. The molecule has 2 nitrogen and oxygen atoms in total. The fourth-order valence-corrected chi connectivity index (χ4v) is 1.78. The number of hydrogen-bond donors (Lipinski definition) is 1. The number of carbonyl (C=O) groups is 1. The first-order valence-electron chi connectivity index (χ1n) is 5.08. The van der Waals surface area contributed by atoms with Gasteiger partial charge in [0.25, 0.3) is 0 Å². The summed E-state index contributed by atoms with van der Waals surface area (Å²) in [6, 6.07) is 0. The van der Waals surface area contributed by atoms with Gasteiger partial charge in [0.1, 0.15) is 5.78 Å². The Morgan fingerprint density at radius 1 is 1.42 bits per heavy atom. The molecule has 0 aromatic heterocycles. The Balaban J connectivity index is 2.10. The van der Waals surface area contributed by atoms with Crippen LogP contribution in [0.1, 0.15) is 39.0 Å². The van der Waals surface area contributed by atoms with Crippen LogP contribution in [0, 0.1) is 5.92 Å². The van der Waals surface area contributed by atoms with Gasteiger partial charge in [-0.15, -0.1) is 0 Å². The number of Topliss-reactive ketones (excluding diaryl/α,β-unsaturated/α-hetero) is 1. The molecule has 0 aliphatic heterocycles. The number of rotatable bonds is 5. The van der Waals surface area contributed by atoms with Crippen LogP contribution >= 0.6 is 0 Å². The minimum Gasteiger partial charge on any atom is -0.310 e. The first-order chi connectivity index (χ1) is 5.84. The molecule has 1 rings (SSSR count). The van der Waals surface area contributed by atoms with Crippen molar-refractivity contribution in [2.75, 3.05) is 13.1 Å². The number of hydrogen-bond acceptors (Lipinski definition) is 2. The van der Waals surface area contributed by atoms with E-state index in [-0.39, 0.29) is 0 Å². The monoisotopic (exact) mass is 169 g/mol. The molecular weight excluding hydrogens is 150 g/mol. The highest BCUT2D eigenvalue weighted by molar-refractivity contribution is 5.83. The molecule has 0 saturated heterocycles. The summed E-state index contributed by atoms with van der Waals surface area (Å²) in [7, 11) is 0. The molecule has 1 aliphatic rings. The average molecular weight is 169 g/mol. The summed E-state index contributed by atoms with van der Waals surface area (Å²) in [4.78, 5) is 11.5. The van der Waals surface area contributed by atoms with E-state index in [1.165, 1.54) is 12.8 Å². The summed E-state index contributed by atoms with van der Waals surface area (Å²) in [6.07, 6.45) is 5.88. The molecule has 0 heterocycles. The number of nitrogens with one attached hydrogen (secondary N) is 1. The molecule has 0 aromatic rings. The van der Waals surface area contributed by atoms with Crippen LogP contribution in [0.5, 0.6) is 0 Å². The third kappa shape index (κ3) is 2.94. The Bertz CT molecular complexity index is 139. The summed E-state index contributed by atoms with van der Waals surface area (Å²) >= 11 is 0. The van der Waals surface area contributed by atoms with Crippen LogP contribution in [0.3, 0.4) is 0 Å². The molecule has 1 saturated carbocycles. The molecule has 1 fully saturated rings. The van der Waals surface area contributed by atoms with Crippen molar-refractivity contribution >= 4 is 5.78 Å². The van der Waals surface area contributed by atoms with Gasteiger partial charge in [-0.25, -0.2) is 0 Å². The predicted molar refractivity (Wildman–Crippen MR) is 50.1 cm³/mol. The standard InChI is InChI=1S/C10H19NO/c1-2-7-11-8-10(12)9-5-3-4-6-9/h9,11H,2-8H2,1H3. The van der Waals surface area contributed by atoms with Crippen LogP contribution < -0.4 is 5.32 Å². The molecule has 0 bridgehead atoms. The first kappa shape index (κ1) is 9.72. The molecule has 0 atom stereocenters. The van der Waals surface area contributed by atoms with E-state index in [4.69, 9.17) is 0 Å². The van der Waals surface area contributed by atoms with Gasteiger partial charge in [-0.1, -0.05) is 19.8 Å². The Kier molecular flexibility index (Phi) is 4.30. The number of carbonyl (C=O) groups excluding carboxylic acids is 1. The van der Waals surface area contributed by atoms with Crippen molar-refractivity contribution in [2.45, 2.75) is 39.0 Å². The lowest BCUT2D eigenvalue weighted by Gasteiger charge is -2.07. The van der Waals surface area contributed by atoms with Crippen LogP contribution in [-0.2, 0) is 4.79 Å². The highest BCUT2D eigenvalue weighted by Gasteiger charge is 2.21. The van der Waals surface area contributed by atoms with Crippen molar-refractivity contribution in [3.63, 3.8) is 0 Å². The summed E-state index contributed by atoms with van der Waals surface area (Å²) in [5.41, 5.74) is 0. The third-order valence-electron chi connectivity index (χ3n) is 2.54. The molecule has 2 heteroatoms. The quantitative estimate of drug-likeness (QED) is 0.635. The smallest absolute Gasteiger partial charge is 0.149 e. The van der Waals surface area contributed by atoms with E-state index in [0.29, 0.717) is 18.2 Å². The van der Waals surface area contributed by atoms with E-state index in [0.717, 1.165) is 25.8 Å². The van der Waals surface area contributed by atoms with Crippen molar-refractivity contribution in [3.8, 4) is 0 Å².